The number of aromatic nitrogens is 1. The molecule has 2 N–H and O–H groups in total. The molecule has 1 aliphatic heterocycles. The Labute approximate surface area is 108 Å². The summed E-state index contributed by atoms with van der Waals surface area (Å²) in [6.07, 6.45) is 2.30. The van der Waals surface area contributed by atoms with Crippen LogP contribution >= 0.6 is 0 Å². The molecule has 0 amide bonds. The van der Waals surface area contributed by atoms with Crippen LogP contribution in [-0.4, -0.2) is 37.1 Å². The number of nitrogens with one attached hydrogen (secondary N) is 2. The van der Waals surface area contributed by atoms with E-state index in [0.29, 0.717) is 6.04 Å². The highest BCUT2D eigenvalue weighted by molar-refractivity contribution is 5.85. The summed E-state index contributed by atoms with van der Waals surface area (Å²) in [7, 11) is 4.27. The van der Waals surface area contributed by atoms with Crippen molar-refractivity contribution in [2.24, 2.45) is 0 Å². The van der Waals surface area contributed by atoms with Crippen molar-refractivity contribution < 1.29 is 0 Å². The first kappa shape index (κ1) is 11.8. The summed E-state index contributed by atoms with van der Waals surface area (Å²) >= 11 is 0. The molecule has 0 saturated heterocycles. The van der Waals surface area contributed by atoms with Crippen LogP contribution in [0.3, 0.4) is 0 Å². The van der Waals surface area contributed by atoms with Crippen LogP contribution in [0.5, 0.6) is 0 Å². The molecule has 0 saturated carbocycles. The molecule has 96 valence electrons. The molecule has 1 unspecified atom stereocenters. The lowest BCUT2D eigenvalue weighted by Crippen LogP contribution is -2.32. The molecule has 0 fully saturated rings. The first-order valence-electron chi connectivity index (χ1n) is 6.73. The van der Waals surface area contributed by atoms with Crippen molar-refractivity contribution in [3.63, 3.8) is 0 Å². The van der Waals surface area contributed by atoms with Crippen molar-refractivity contribution in [2.75, 3.05) is 27.2 Å². The van der Waals surface area contributed by atoms with Gasteiger partial charge in [0.25, 0.3) is 0 Å². The van der Waals surface area contributed by atoms with E-state index < -0.39 is 0 Å². The number of rotatable bonds is 3. The summed E-state index contributed by atoms with van der Waals surface area (Å²) in [5, 5.41) is 5.04. The third kappa shape index (κ3) is 2.04. The van der Waals surface area contributed by atoms with Gasteiger partial charge >= 0.3 is 0 Å². The van der Waals surface area contributed by atoms with Crippen LogP contribution in [0.4, 0.5) is 0 Å². The molecule has 18 heavy (non-hydrogen) atoms. The molecule has 0 spiro atoms. The van der Waals surface area contributed by atoms with Gasteiger partial charge in [-0.25, -0.2) is 0 Å². The SMILES string of the molecule is CN(C)CCC1NCCc2c1[nH]c1ccccc21. The van der Waals surface area contributed by atoms with E-state index in [4.69, 9.17) is 0 Å². The molecule has 1 aliphatic rings. The van der Waals surface area contributed by atoms with Gasteiger partial charge in [0.05, 0.1) is 0 Å². The number of H-pyrrole nitrogens is 1. The van der Waals surface area contributed by atoms with Gasteiger partial charge in [-0.3, -0.25) is 0 Å². The Morgan fingerprint density at radius 2 is 2.11 bits per heavy atom. The molecule has 2 aromatic rings. The lowest BCUT2D eigenvalue weighted by molar-refractivity contribution is 0.353. The predicted octanol–water partition coefficient (Wildman–Crippen LogP) is 2.31. The topological polar surface area (TPSA) is 31.1 Å². The van der Waals surface area contributed by atoms with Crippen LogP contribution in [0.25, 0.3) is 10.9 Å². The van der Waals surface area contributed by atoms with Gasteiger partial charge in [0, 0.05) is 22.6 Å². The molecular formula is C15H21N3. The molecule has 3 rings (SSSR count). The highest BCUT2D eigenvalue weighted by atomic mass is 15.1. The van der Waals surface area contributed by atoms with Crippen LogP contribution < -0.4 is 5.32 Å². The zero-order valence-corrected chi connectivity index (χ0v) is 11.2. The largest absolute Gasteiger partial charge is 0.357 e. The molecular weight excluding hydrogens is 222 g/mol. The molecule has 3 nitrogen and oxygen atoms in total. The average Bonchev–Trinajstić information content (AvgIpc) is 2.75. The summed E-state index contributed by atoms with van der Waals surface area (Å²) in [5.41, 5.74) is 4.21. The predicted molar refractivity (Wildman–Crippen MR) is 75.9 cm³/mol. The number of hydrogen-bond donors (Lipinski definition) is 2. The fourth-order valence-electron chi connectivity index (χ4n) is 2.89. The highest BCUT2D eigenvalue weighted by Gasteiger charge is 2.23. The van der Waals surface area contributed by atoms with E-state index >= 15 is 0 Å². The number of hydrogen-bond acceptors (Lipinski definition) is 2. The van der Waals surface area contributed by atoms with Crippen LogP contribution in [0.15, 0.2) is 24.3 Å². The van der Waals surface area contributed by atoms with E-state index in [0.717, 1.165) is 25.9 Å². The van der Waals surface area contributed by atoms with Gasteiger partial charge in [-0.05, 0) is 51.7 Å². The molecule has 0 radical (unpaired) electrons. The Kier molecular flexibility index (Phi) is 3.10. The van der Waals surface area contributed by atoms with Crippen molar-refractivity contribution in [2.45, 2.75) is 18.9 Å². The van der Waals surface area contributed by atoms with E-state index in [1.54, 1.807) is 0 Å². The highest BCUT2D eigenvalue weighted by Crippen LogP contribution is 2.31. The van der Waals surface area contributed by atoms with E-state index in [1.165, 1.54) is 22.2 Å². The summed E-state index contributed by atoms with van der Waals surface area (Å²) in [4.78, 5) is 5.86. The Morgan fingerprint density at radius 3 is 2.94 bits per heavy atom. The minimum absolute atomic E-state index is 0.476. The summed E-state index contributed by atoms with van der Waals surface area (Å²) in [5.74, 6) is 0. The van der Waals surface area contributed by atoms with E-state index in [2.05, 4.69) is 53.6 Å². The maximum Gasteiger partial charge on any atom is 0.0488 e. The fourth-order valence-corrected chi connectivity index (χ4v) is 2.89. The molecule has 1 atom stereocenters. The van der Waals surface area contributed by atoms with E-state index in [1.807, 2.05) is 0 Å². The normalized spacial score (nSPS) is 19.4. The molecule has 2 heterocycles. The van der Waals surface area contributed by atoms with Gasteiger partial charge in [0.1, 0.15) is 0 Å². The summed E-state index contributed by atoms with van der Waals surface area (Å²) in [6, 6.07) is 9.12. The van der Waals surface area contributed by atoms with Crippen molar-refractivity contribution in [3.05, 3.63) is 35.5 Å². The number of benzene rings is 1. The molecule has 0 bridgehead atoms. The van der Waals surface area contributed by atoms with E-state index in [9.17, 15) is 0 Å². The van der Waals surface area contributed by atoms with Crippen LogP contribution in [0.1, 0.15) is 23.7 Å². The van der Waals surface area contributed by atoms with Gasteiger partial charge in [-0.1, -0.05) is 18.2 Å². The molecule has 3 heteroatoms. The van der Waals surface area contributed by atoms with Gasteiger partial charge in [-0.2, -0.15) is 0 Å². The smallest absolute Gasteiger partial charge is 0.0488 e. The van der Waals surface area contributed by atoms with Gasteiger partial charge in [0.15, 0.2) is 0 Å². The lowest BCUT2D eigenvalue weighted by Gasteiger charge is -2.25. The van der Waals surface area contributed by atoms with Crippen LogP contribution in [0, 0.1) is 0 Å². The quantitative estimate of drug-likeness (QED) is 0.866. The fraction of sp³-hybridized carbons (Fsp3) is 0.467. The number of para-hydroxylation sites is 1. The molecule has 1 aromatic carbocycles. The second-order valence-corrected chi connectivity index (χ2v) is 5.41. The van der Waals surface area contributed by atoms with Crippen molar-refractivity contribution in [1.29, 1.82) is 0 Å². The van der Waals surface area contributed by atoms with Gasteiger partial charge in [-0.15, -0.1) is 0 Å². The van der Waals surface area contributed by atoms with Crippen LogP contribution in [0.2, 0.25) is 0 Å². The standard InChI is InChI=1S/C15H21N3/c1-18(2)10-8-14-15-12(7-9-16-14)11-5-3-4-6-13(11)17-15/h3-6,14,16-17H,7-10H2,1-2H3. The Balaban J connectivity index is 1.95. The second kappa shape index (κ2) is 4.75. The monoisotopic (exact) mass is 243 g/mol. The number of fused-ring (bicyclic) bond motifs is 3. The maximum absolute atomic E-state index is 3.63. The Hall–Kier alpha value is -1.32. The second-order valence-electron chi connectivity index (χ2n) is 5.41. The van der Waals surface area contributed by atoms with Crippen molar-refractivity contribution in [1.82, 2.24) is 15.2 Å². The summed E-state index contributed by atoms with van der Waals surface area (Å²) < 4.78 is 0. The van der Waals surface area contributed by atoms with E-state index in [-0.39, 0.29) is 0 Å². The van der Waals surface area contributed by atoms with Crippen molar-refractivity contribution >= 4 is 10.9 Å². The Bertz CT molecular complexity index is 542. The van der Waals surface area contributed by atoms with Gasteiger partial charge in [0.2, 0.25) is 0 Å². The minimum Gasteiger partial charge on any atom is -0.357 e. The number of aromatic amines is 1. The third-order valence-corrected chi connectivity index (χ3v) is 3.83. The summed E-state index contributed by atoms with van der Waals surface area (Å²) in [6.45, 7) is 2.21. The maximum atomic E-state index is 3.63. The molecule has 1 aromatic heterocycles. The minimum atomic E-state index is 0.476. The zero-order valence-electron chi connectivity index (χ0n) is 11.2. The van der Waals surface area contributed by atoms with Crippen LogP contribution in [-0.2, 0) is 6.42 Å². The average molecular weight is 243 g/mol. The van der Waals surface area contributed by atoms with Crippen molar-refractivity contribution in [3.8, 4) is 0 Å². The molecule has 0 aliphatic carbocycles. The number of nitrogens with zero attached hydrogens (tertiary/aromatic N) is 1. The first-order valence-corrected chi connectivity index (χ1v) is 6.73. The Morgan fingerprint density at radius 1 is 1.28 bits per heavy atom. The third-order valence-electron chi connectivity index (χ3n) is 3.83. The van der Waals surface area contributed by atoms with Gasteiger partial charge < -0.3 is 15.2 Å². The zero-order chi connectivity index (χ0) is 12.5. The lowest BCUT2D eigenvalue weighted by atomic mass is 9.97. The first-order chi connectivity index (χ1) is 8.75.